The summed E-state index contributed by atoms with van der Waals surface area (Å²) in [6, 6.07) is 0. The molecule has 0 aliphatic carbocycles. The molecule has 0 radical (unpaired) electrons. The predicted molar refractivity (Wildman–Crippen MR) is 36.7 cm³/mol. The number of hydrogen-bond acceptors (Lipinski definition) is 3. The molecule has 0 rings (SSSR count). The zero-order chi connectivity index (χ0) is 7.21. The fraction of sp³-hybridized carbons (Fsp3) is 1.00. The fourth-order valence-electron chi connectivity index (χ4n) is 0. The van der Waals surface area contributed by atoms with Crippen LogP contribution in [0.25, 0.3) is 0 Å². The Bertz CT molecular complexity index is 116. The maximum absolute atomic E-state index is 9.78. The summed E-state index contributed by atoms with van der Waals surface area (Å²) in [5.74, 6) is 1.81. The normalized spacial score (nSPS) is 9.50. The van der Waals surface area contributed by atoms with Crippen molar-refractivity contribution >= 4 is 26.0 Å². The highest BCUT2D eigenvalue weighted by molar-refractivity contribution is 9.08. The highest BCUT2D eigenvalue weighted by Gasteiger charge is 1.90. The minimum absolute atomic E-state index is 0.993. The van der Waals surface area contributed by atoms with Crippen molar-refractivity contribution in [3.05, 3.63) is 0 Å². The molecule has 0 saturated heterocycles. The van der Waals surface area contributed by atoms with Crippen LogP contribution in [0.2, 0.25) is 0 Å². The van der Waals surface area contributed by atoms with Crippen LogP contribution in [0.15, 0.2) is 0 Å². The van der Waals surface area contributed by atoms with Gasteiger partial charge >= 0.3 is 0 Å². The molecule has 0 aromatic rings. The summed E-state index contributed by atoms with van der Waals surface area (Å²) in [6.45, 7) is 0. The number of halogens is 1. The molecule has 0 saturated carbocycles. The van der Waals surface area contributed by atoms with E-state index in [9.17, 15) is 8.42 Å². The monoisotopic (exact) mass is 204 g/mol. The molecule has 52 valence electrons. The molecule has 0 aromatic heterocycles. The lowest BCUT2D eigenvalue weighted by Gasteiger charge is -1.84. The molecule has 0 unspecified atom stereocenters. The number of rotatable bonds is 1. The summed E-state index contributed by atoms with van der Waals surface area (Å²) in [7, 11) is -2.04. The highest BCUT2D eigenvalue weighted by Crippen LogP contribution is 1.75. The van der Waals surface area contributed by atoms with Gasteiger partial charge in [0.2, 0.25) is 0 Å². The van der Waals surface area contributed by atoms with Crippen molar-refractivity contribution in [3.8, 4) is 0 Å². The third-order valence-corrected chi connectivity index (χ3v) is 0.908. The quantitative estimate of drug-likeness (QED) is 0.465. The van der Waals surface area contributed by atoms with Crippen LogP contribution in [0.3, 0.4) is 0 Å². The second-order valence-corrected chi connectivity index (χ2v) is 2.61. The first-order valence-electron chi connectivity index (χ1n) is 1.69. The molecule has 8 heavy (non-hydrogen) atoms. The van der Waals surface area contributed by atoms with E-state index < -0.39 is 10.1 Å². The maximum Gasteiger partial charge on any atom is 0.264 e. The third kappa shape index (κ3) is 16.2. The summed E-state index contributed by atoms with van der Waals surface area (Å²) < 4.78 is 23.5. The Kier molecular flexibility index (Phi) is 7.75. The van der Waals surface area contributed by atoms with Gasteiger partial charge in [0, 0.05) is 0 Å². The molecule has 0 heterocycles. The standard InChI is InChI=1S/C2H6O3S.CH3Br/c1-5-6(2,3)4;1-2/h1-2H3;1H3. The van der Waals surface area contributed by atoms with Gasteiger partial charge in [-0.15, -0.1) is 0 Å². The van der Waals surface area contributed by atoms with Gasteiger partial charge in [0.05, 0.1) is 13.4 Å². The van der Waals surface area contributed by atoms with Gasteiger partial charge in [-0.3, -0.25) is 4.18 Å². The Morgan fingerprint density at radius 1 is 1.38 bits per heavy atom. The Labute approximate surface area is 58.3 Å². The van der Waals surface area contributed by atoms with Gasteiger partial charge in [-0.1, -0.05) is 15.9 Å². The van der Waals surface area contributed by atoms with Crippen LogP contribution in [0, 0.1) is 0 Å². The highest BCUT2D eigenvalue weighted by atomic mass is 79.9. The van der Waals surface area contributed by atoms with Gasteiger partial charge < -0.3 is 0 Å². The first-order valence-corrected chi connectivity index (χ1v) is 5.10. The first-order chi connectivity index (χ1) is 3.56. The van der Waals surface area contributed by atoms with Gasteiger partial charge in [-0.2, -0.15) is 8.42 Å². The average molecular weight is 205 g/mol. The minimum atomic E-state index is -3.16. The minimum Gasteiger partial charge on any atom is -0.274 e. The third-order valence-electron chi connectivity index (χ3n) is 0.303. The van der Waals surface area contributed by atoms with Crippen LogP contribution in [-0.2, 0) is 14.3 Å². The molecule has 0 bridgehead atoms. The van der Waals surface area contributed by atoms with Gasteiger partial charge in [-0.25, -0.2) is 0 Å². The first kappa shape index (κ1) is 11.2. The molecule has 0 N–H and O–H groups in total. The van der Waals surface area contributed by atoms with E-state index in [1.807, 2.05) is 5.83 Å². The van der Waals surface area contributed by atoms with Gasteiger partial charge in [-0.05, 0) is 5.83 Å². The van der Waals surface area contributed by atoms with Crippen LogP contribution < -0.4 is 0 Å². The van der Waals surface area contributed by atoms with Crippen LogP contribution >= 0.6 is 15.9 Å². The molecule has 0 atom stereocenters. The molecule has 0 spiro atoms. The lowest BCUT2D eigenvalue weighted by atomic mass is 11.8. The van der Waals surface area contributed by atoms with Crippen molar-refractivity contribution in [2.75, 3.05) is 19.2 Å². The summed E-state index contributed by atoms with van der Waals surface area (Å²) in [5, 5.41) is 0. The van der Waals surface area contributed by atoms with Crippen molar-refractivity contribution in [1.29, 1.82) is 0 Å². The summed E-state index contributed by atoms with van der Waals surface area (Å²) in [5.41, 5.74) is 0. The maximum atomic E-state index is 9.78. The lowest BCUT2D eigenvalue weighted by Crippen LogP contribution is -1.95. The zero-order valence-electron chi connectivity index (χ0n) is 5.01. The molecule has 0 aromatic carbocycles. The van der Waals surface area contributed by atoms with E-state index in [2.05, 4.69) is 20.1 Å². The predicted octanol–water partition coefficient (Wildman–Crippen LogP) is 0.604. The van der Waals surface area contributed by atoms with E-state index in [-0.39, 0.29) is 0 Å². The Hall–Kier alpha value is 0.390. The molecule has 0 aliphatic heterocycles. The Morgan fingerprint density at radius 3 is 1.50 bits per heavy atom. The van der Waals surface area contributed by atoms with Crippen molar-refractivity contribution in [1.82, 2.24) is 0 Å². The van der Waals surface area contributed by atoms with E-state index >= 15 is 0 Å². The summed E-state index contributed by atoms with van der Waals surface area (Å²) >= 11 is 2.94. The largest absolute Gasteiger partial charge is 0.274 e. The van der Waals surface area contributed by atoms with Crippen LogP contribution in [0.1, 0.15) is 0 Å². The SMILES string of the molecule is CBr.COS(C)(=O)=O. The molecule has 5 heteroatoms. The van der Waals surface area contributed by atoms with Crippen molar-refractivity contribution in [3.63, 3.8) is 0 Å². The average Bonchev–Trinajstić information content (AvgIpc) is 1.71. The van der Waals surface area contributed by atoms with Crippen LogP contribution in [0.4, 0.5) is 0 Å². The van der Waals surface area contributed by atoms with Crippen LogP contribution in [-0.4, -0.2) is 27.6 Å². The molecular formula is C3H9BrO3S. The smallest absolute Gasteiger partial charge is 0.264 e. The van der Waals surface area contributed by atoms with Crippen molar-refractivity contribution in [2.24, 2.45) is 0 Å². The molecule has 0 amide bonds. The van der Waals surface area contributed by atoms with Gasteiger partial charge in [0.25, 0.3) is 10.1 Å². The van der Waals surface area contributed by atoms with Gasteiger partial charge in [0.1, 0.15) is 0 Å². The number of hydrogen-bond donors (Lipinski definition) is 0. The van der Waals surface area contributed by atoms with E-state index in [0.29, 0.717) is 0 Å². The van der Waals surface area contributed by atoms with Gasteiger partial charge in [0.15, 0.2) is 0 Å². The zero-order valence-corrected chi connectivity index (χ0v) is 7.41. The van der Waals surface area contributed by atoms with E-state index in [1.165, 1.54) is 0 Å². The second kappa shape index (κ2) is 5.53. The Balaban J connectivity index is 0. The van der Waals surface area contributed by atoms with E-state index in [1.54, 1.807) is 0 Å². The van der Waals surface area contributed by atoms with Crippen LogP contribution in [0.5, 0.6) is 0 Å². The molecule has 0 aliphatic rings. The number of alkyl halides is 1. The fourth-order valence-corrected chi connectivity index (χ4v) is 0. The Morgan fingerprint density at radius 2 is 1.50 bits per heavy atom. The molecule has 3 nitrogen and oxygen atoms in total. The molecular weight excluding hydrogens is 196 g/mol. The van der Waals surface area contributed by atoms with Crippen molar-refractivity contribution < 1.29 is 12.6 Å². The van der Waals surface area contributed by atoms with E-state index in [4.69, 9.17) is 0 Å². The second-order valence-electron chi connectivity index (χ2n) is 0.871. The summed E-state index contributed by atoms with van der Waals surface area (Å²) in [6.07, 6.45) is 0.993. The molecule has 0 fully saturated rings. The summed E-state index contributed by atoms with van der Waals surface area (Å²) in [4.78, 5) is 0. The van der Waals surface area contributed by atoms with E-state index in [0.717, 1.165) is 13.4 Å². The lowest BCUT2D eigenvalue weighted by molar-refractivity contribution is 0.403. The van der Waals surface area contributed by atoms with Crippen molar-refractivity contribution in [2.45, 2.75) is 0 Å². The topological polar surface area (TPSA) is 43.4 Å².